The van der Waals surface area contributed by atoms with E-state index in [9.17, 15) is 14.0 Å². The lowest BCUT2D eigenvalue weighted by atomic mass is 10.1. The number of imidazole rings is 2. The van der Waals surface area contributed by atoms with Crippen LogP contribution in [0, 0.1) is 19.7 Å². The second-order valence-electron chi connectivity index (χ2n) is 7.73. The smallest absolute Gasteiger partial charge is 0.280 e. The molecule has 5 rings (SSSR count). The first-order valence-corrected chi connectivity index (χ1v) is 9.87. The second-order valence-corrected chi connectivity index (χ2v) is 7.73. The third-order valence-corrected chi connectivity index (χ3v) is 5.54. The Hall–Kier alpha value is -3.94. The van der Waals surface area contributed by atoms with Gasteiger partial charge in [-0.25, -0.2) is 9.18 Å². The van der Waals surface area contributed by atoms with Crippen LogP contribution in [-0.2, 0) is 13.6 Å². The van der Waals surface area contributed by atoms with Crippen molar-refractivity contribution < 1.29 is 4.39 Å². The molecule has 0 amide bonds. The van der Waals surface area contributed by atoms with E-state index in [0.717, 1.165) is 11.1 Å². The minimum atomic E-state index is -0.450. The Balaban J connectivity index is 1.81. The van der Waals surface area contributed by atoms with Crippen molar-refractivity contribution in [3.63, 3.8) is 0 Å². The van der Waals surface area contributed by atoms with E-state index in [1.807, 2.05) is 38.1 Å². The summed E-state index contributed by atoms with van der Waals surface area (Å²) in [5.41, 5.74) is 2.61. The summed E-state index contributed by atoms with van der Waals surface area (Å²) >= 11 is 0. The lowest BCUT2D eigenvalue weighted by Gasteiger charge is -2.09. The molecule has 7 nitrogen and oxygen atoms in total. The zero-order chi connectivity index (χ0) is 21.9. The van der Waals surface area contributed by atoms with Crippen LogP contribution in [0.25, 0.3) is 22.6 Å². The van der Waals surface area contributed by atoms with E-state index in [1.165, 1.54) is 15.2 Å². The SMILES string of the molecule is Cc1cccc(Cn2c(=O)c3c(nc4n(-c5ccccc5F)c(C)cn34)n(C)c2=O)c1. The summed E-state index contributed by atoms with van der Waals surface area (Å²) < 4.78 is 20.3. The van der Waals surface area contributed by atoms with E-state index in [1.54, 1.807) is 40.4 Å². The average Bonchev–Trinajstić information content (AvgIpc) is 3.25. The number of hydrogen-bond acceptors (Lipinski definition) is 3. The summed E-state index contributed by atoms with van der Waals surface area (Å²) in [7, 11) is 1.59. The van der Waals surface area contributed by atoms with Gasteiger partial charge in [-0.15, -0.1) is 0 Å². The number of rotatable bonds is 3. The summed E-state index contributed by atoms with van der Waals surface area (Å²) in [6.45, 7) is 3.94. The van der Waals surface area contributed by atoms with Crippen molar-refractivity contribution in [3.8, 4) is 5.69 Å². The minimum absolute atomic E-state index is 0.156. The van der Waals surface area contributed by atoms with Crippen LogP contribution in [0.1, 0.15) is 16.8 Å². The Morgan fingerprint density at radius 2 is 1.81 bits per heavy atom. The fourth-order valence-electron chi connectivity index (χ4n) is 4.07. The van der Waals surface area contributed by atoms with Crippen LogP contribution in [0.15, 0.2) is 64.3 Å². The van der Waals surface area contributed by atoms with Gasteiger partial charge in [0, 0.05) is 18.9 Å². The van der Waals surface area contributed by atoms with Crippen LogP contribution in [0.2, 0.25) is 0 Å². The lowest BCUT2D eigenvalue weighted by Crippen LogP contribution is -2.39. The molecule has 0 aliphatic rings. The molecule has 0 aliphatic carbocycles. The maximum Gasteiger partial charge on any atom is 0.332 e. The fourth-order valence-corrected chi connectivity index (χ4v) is 4.07. The van der Waals surface area contributed by atoms with E-state index in [0.29, 0.717) is 17.2 Å². The number of nitrogens with zero attached hydrogens (tertiary/aromatic N) is 5. The average molecular weight is 417 g/mol. The van der Waals surface area contributed by atoms with Gasteiger partial charge >= 0.3 is 5.69 Å². The molecule has 8 heteroatoms. The maximum absolute atomic E-state index is 14.5. The number of halogens is 1. The molecule has 5 aromatic rings. The first-order chi connectivity index (χ1) is 14.9. The predicted molar refractivity (Wildman–Crippen MR) is 117 cm³/mol. The fraction of sp³-hybridized carbons (Fsp3) is 0.174. The third-order valence-electron chi connectivity index (χ3n) is 5.54. The third kappa shape index (κ3) is 2.83. The molecule has 0 saturated heterocycles. The topological polar surface area (TPSA) is 66.2 Å². The summed E-state index contributed by atoms with van der Waals surface area (Å²) in [6.07, 6.45) is 1.74. The van der Waals surface area contributed by atoms with Gasteiger partial charge < -0.3 is 0 Å². The Kier molecular flexibility index (Phi) is 4.18. The van der Waals surface area contributed by atoms with E-state index >= 15 is 0 Å². The largest absolute Gasteiger partial charge is 0.332 e. The first kappa shape index (κ1) is 19.0. The van der Waals surface area contributed by atoms with Crippen molar-refractivity contribution >= 4 is 16.9 Å². The Labute approximate surface area is 176 Å². The van der Waals surface area contributed by atoms with E-state index in [-0.39, 0.29) is 17.7 Å². The lowest BCUT2D eigenvalue weighted by molar-refractivity contribution is 0.618. The molecule has 0 saturated carbocycles. The van der Waals surface area contributed by atoms with E-state index in [2.05, 4.69) is 4.98 Å². The minimum Gasteiger partial charge on any atom is -0.280 e. The van der Waals surface area contributed by atoms with Crippen molar-refractivity contribution in [2.24, 2.45) is 7.05 Å². The van der Waals surface area contributed by atoms with Crippen LogP contribution in [0.5, 0.6) is 0 Å². The standard InChI is InChI=1S/C23H20FN5O2/c1-14-7-6-8-16(11-14)13-28-21(30)19-20(26(3)23(28)31)25-22-27(19)12-15(2)29(22)18-10-5-4-9-17(18)24/h4-12H,13H2,1-3H3. The molecule has 0 radical (unpaired) electrons. The highest BCUT2D eigenvalue weighted by molar-refractivity contribution is 5.76. The van der Waals surface area contributed by atoms with Gasteiger partial charge in [-0.3, -0.25) is 22.9 Å². The van der Waals surface area contributed by atoms with Crippen LogP contribution in [-0.4, -0.2) is 23.1 Å². The summed E-state index contributed by atoms with van der Waals surface area (Å²) in [4.78, 5) is 30.9. The predicted octanol–water partition coefficient (Wildman–Crippen LogP) is 2.94. The summed E-state index contributed by atoms with van der Waals surface area (Å²) in [5.74, 6) is -0.0282. The highest BCUT2D eigenvalue weighted by atomic mass is 19.1. The Morgan fingerprint density at radius 1 is 1.03 bits per heavy atom. The van der Waals surface area contributed by atoms with Crippen LogP contribution in [0.4, 0.5) is 4.39 Å². The van der Waals surface area contributed by atoms with Crippen LogP contribution < -0.4 is 11.2 Å². The van der Waals surface area contributed by atoms with Crippen molar-refractivity contribution in [1.82, 2.24) is 23.1 Å². The van der Waals surface area contributed by atoms with Crippen molar-refractivity contribution in [2.75, 3.05) is 0 Å². The molecular formula is C23H20FN5O2. The molecule has 31 heavy (non-hydrogen) atoms. The van der Waals surface area contributed by atoms with Gasteiger partial charge in [0.05, 0.1) is 12.2 Å². The number of aryl methyl sites for hydroxylation is 3. The molecule has 156 valence electrons. The molecule has 3 heterocycles. The molecule has 0 bridgehead atoms. The molecule has 0 unspecified atom stereocenters. The van der Waals surface area contributed by atoms with Gasteiger partial charge in [0.1, 0.15) is 5.82 Å². The van der Waals surface area contributed by atoms with Gasteiger partial charge in [-0.2, -0.15) is 4.98 Å². The van der Waals surface area contributed by atoms with E-state index < -0.39 is 17.1 Å². The number of hydrogen-bond donors (Lipinski definition) is 0. The van der Waals surface area contributed by atoms with E-state index in [4.69, 9.17) is 0 Å². The summed E-state index contributed by atoms with van der Waals surface area (Å²) in [5, 5.41) is 0. The van der Waals surface area contributed by atoms with Crippen LogP contribution >= 0.6 is 0 Å². The quantitative estimate of drug-likeness (QED) is 0.453. The molecule has 0 fully saturated rings. The molecule has 3 aromatic heterocycles. The monoisotopic (exact) mass is 417 g/mol. The van der Waals surface area contributed by atoms with Crippen LogP contribution in [0.3, 0.4) is 0 Å². The van der Waals surface area contributed by atoms with Crippen molar-refractivity contribution in [2.45, 2.75) is 20.4 Å². The normalized spacial score (nSPS) is 11.6. The Morgan fingerprint density at radius 3 is 2.55 bits per heavy atom. The zero-order valence-corrected chi connectivity index (χ0v) is 17.3. The Bertz CT molecular complexity index is 1600. The second kappa shape index (κ2) is 6.80. The highest BCUT2D eigenvalue weighted by Gasteiger charge is 2.21. The van der Waals surface area contributed by atoms with Gasteiger partial charge in [0.2, 0.25) is 5.78 Å². The molecule has 0 spiro atoms. The van der Waals surface area contributed by atoms with Crippen molar-refractivity contribution in [3.05, 3.63) is 98.2 Å². The van der Waals surface area contributed by atoms with Gasteiger partial charge in [0.25, 0.3) is 5.56 Å². The zero-order valence-electron chi connectivity index (χ0n) is 17.3. The first-order valence-electron chi connectivity index (χ1n) is 9.87. The number of benzene rings is 2. The van der Waals surface area contributed by atoms with Gasteiger partial charge in [-0.05, 0) is 31.5 Å². The number of fused-ring (bicyclic) bond motifs is 3. The summed E-state index contributed by atoms with van der Waals surface area (Å²) in [6, 6.07) is 14.1. The number of aromatic nitrogens is 5. The molecular weight excluding hydrogens is 397 g/mol. The van der Waals surface area contributed by atoms with Crippen molar-refractivity contribution in [1.29, 1.82) is 0 Å². The molecule has 0 N–H and O–H groups in total. The molecule has 0 aliphatic heterocycles. The highest BCUT2D eigenvalue weighted by Crippen LogP contribution is 2.22. The number of para-hydroxylation sites is 1. The molecule has 2 aromatic carbocycles. The maximum atomic E-state index is 14.5. The van der Waals surface area contributed by atoms with Gasteiger partial charge in [-0.1, -0.05) is 42.0 Å². The van der Waals surface area contributed by atoms with Gasteiger partial charge in [0.15, 0.2) is 11.2 Å². The molecule has 0 atom stereocenters.